The monoisotopic (exact) mass is 626 g/mol. The zero-order valence-electron chi connectivity index (χ0n) is 24.0. The summed E-state index contributed by atoms with van der Waals surface area (Å²) in [6.45, 7) is 5.88. The van der Waals surface area contributed by atoms with Gasteiger partial charge in [-0.25, -0.2) is 0 Å². The number of esters is 1. The summed E-state index contributed by atoms with van der Waals surface area (Å²) in [6, 6.07) is 11.6. The minimum absolute atomic E-state index is 0.00985. The SMILES string of the molecule is CC(c1ccccc1)N(C)c1nc(Cl)nc2c1ccn2[C@@H]1O[C@H](COCP(=O)(O)OCOC(=O)C(C)(C)C)[C@@H](O)[C@H]1O. The number of rotatable bonds is 11. The first-order valence-corrected chi connectivity index (χ1v) is 15.4. The highest BCUT2D eigenvalue weighted by atomic mass is 35.5. The lowest BCUT2D eigenvalue weighted by atomic mass is 9.98. The fraction of sp³-hybridized carbons (Fsp3) is 0.519. The quantitative estimate of drug-likeness (QED) is 0.123. The number of nitrogens with zero attached hydrogens (tertiary/aromatic N) is 4. The fourth-order valence-electron chi connectivity index (χ4n) is 4.40. The number of anilines is 1. The van der Waals surface area contributed by atoms with E-state index in [1.165, 1.54) is 0 Å². The third-order valence-corrected chi connectivity index (χ3v) is 8.11. The molecule has 1 fully saturated rings. The zero-order valence-corrected chi connectivity index (χ0v) is 25.6. The van der Waals surface area contributed by atoms with Gasteiger partial charge in [-0.3, -0.25) is 13.9 Å². The summed E-state index contributed by atoms with van der Waals surface area (Å²) >= 11 is 6.31. The first-order valence-electron chi connectivity index (χ1n) is 13.2. The topological polar surface area (TPSA) is 166 Å². The van der Waals surface area contributed by atoms with Gasteiger partial charge in [0, 0.05) is 13.2 Å². The molecule has 0 radical (unpaired) electrons. The van der Waals surface area contributed by atoms with Gasteiger partial charge >= 0.3 is 13.6 Å². The second-order valence-electron chi connectivity index (χ2n) is 11.1. The highest BCUT2D eigenvalue weighted by Gasteiger charge is 2.44. The Bertz CT molecular complexity index is 1430. The summed E-state index contributed by atoms with van der Waals surface area (Å²) in [4.78, 5) is 32.5. The number of carbonyl (C=O) groups is 1. The van der Waals surface area contributed by atoms with Crippen molar-refractivity contribution in [1.29, 1.82) is 0 Å². The van der Waals surface area contributed by atoms with Crippen LogP contribution in [0, 0.1) is 5.41 Å². The summed E-state index contributed by atoms with van der Waals surface area (Å²) in [6.07, 6.45) is -3.95. The molecule has 42 heavy (non-hydrogen) atoms. The molecular formula is C27H36ClN4O9P. The van der Waals surface area contributed by atoms with Crippen LogP contribution in [0.2, 0.25) is 5.28 Å². The smallest absolute Gasteiger partial charge is 0.356 e. The maximum absolute atomic E-state index is 12.2. The molecule has 15 heteroatoms. The number of halogens is 1. The molecular weight excluding hydrogens is 591 g/mol. The zero-order chi connectivity index (χ0) is 30.8. The van der Waals surface area contributed by atoms with Crippen LogP contribution in [0.3, 0.4) is 0 Å². The molecule has 0 amide bonds. The standard InChI is InChI=1S/C27H36ClN4O9P/c1-16(17-9-7-6-8-10-17)31(5)22-18-11-12-32(23(18)30-26(28)29-22)24-21(34)20(33)19(41-24)13-38-15-42(36,37)40-14-39-25(35)27(2,3)4/h6-12,16,19-21,24,33-34H,13-15H2,1-5H3,(H,36,37)/t16?,19-,20-,21-,24-/m1/s1. The first-order chi connectivity index (χ1) is 19.7. The highest BCUT2D eigenvalue weighted by molar-refractivity contribution is 7.52. The Hall–Kier alpha value is -2.61. The molecule has 4 rings (SSSR count). The number of fused-ring (bicyclic) bond motifs is 1. The summed E-state index contributed by atoms with van der Waals surface area (Å²) < 4.78 is 34.6. The van der Waals surface area contributed by atoms with Crippen molar-refractivity contribution < 1.29 is 43.2 Å². The highest BCUT2D eigenvalue weighted by Crippen LogP contribution is 2.42. The van der Waals surface area contributed by atoms with Gasteiger partial charge in [0.1, 0.15) is 36.1 Å². The second-order valence-corrected chi connectivity index (χ2v) is 13.2. The predicted octanol–water partition coefficient (Wildman–Crippen LogP) is 3.62. The Morgan fingerprint density at radius 3 is 2.55 bits per heavy atom. The average molecular weight is 627 g/mol. The average Bonchev–Trinajstić information content (AvgIpc) is 3.47. The van der Waals surface area contributed by atoms with Gasteiger partial charge in [0.05, 0.1) is 23.4 Å². The molecule has 3 aromatic rings. The Labute approximate surface area is 248 Å². The number of aromatic nitrogens is 3. The number of hydrogen-bond donors (Lipinski definition) is 3. The van der Waals surface area contributed by atoms with Crippen LogP contribution < -0.4 is 4.90 Å². The van der Waals surface area contributed by atoms with Crippen molar-refractivity contribution in [3.8, 4) is 0 Å². The molecule has 230 valence electrons. The van der Waals surface area contributed by atoms with Crippen molar-refractivity contribution in [2.24, 2.45) is 5.41 Å². The van der Waals surface area contributed by atoms with Crippen LogP contribution in [-0.4, -0.2) is 80.7 Å². The van der Waals surface area contributed by atoms with Crippen LogP contribution in [0.25, 0.3) is 11.0 Å². The number of carbonyl (C=O) groups excluding carboxylic acids is 1. The molecule has 0 aliphatic carbocycles. The van der Waals surface area contributed by atoms with Gasteiger partial charge in [0.15, 0.2) is 6.23 Å². The molecule has 2 unspecified atom stereocenters. The van der Waals surface area contributed by atoms with Gasteiger partial charge in [-0.1, -0.05) is 30.3 Å². The first kappa shape index (κ1) is 32.3. The molecule has 1 aliphatic rings. The molecule has 1 aliphatic heterocycles. The number of aliphatic hydroxyl groups excluding tert-OH is 2. The van der Waals surface area contributed by atoms with E-state index < -0.39 is 56.7 Å². The van der Waals surface area contributed by atoms with E-state index in [2.05, 4.69) is 9.97 Å². The normalized spacial score (nSPS) is 23.1. The summed E-state index contributed by atoms with van der Waals surface area (Å²) in [5, 5.41) is 22.1. The molecule has 6 atom stereocenters. The van der Waals surface area contributed by atoms with E-state index in [-0.39, 0.29) is 17.9 Å². The molecule has 1 saturated heterocycles. The summed E-state index contributed by atoms with van der Waals surface area (Å²) in [5.74, 6) is -0.0283. The van der Waals surface area contributed by atoms with Crippen LogP contribution in [0.4, 0.5) is 5.82 Å². The Morgan fingerprint density at radius 1 is 1.19 bits per heavy atom. The molecule has 2 aromatic heterocycles. The number of hydrogen-bond acceptors (Lipinski definition) is 11. The van der Waals surface area contributed by atoms with E-state index in [0.29, 0.717) is 16.9 Å². The largest absolute Gasteiger partial charge is 0.438 e. The van der Waals surface area contributed by atoms with E-state index in [4.69, 9.17) is 30.3 Å². The Morgan fingerprint density at radius 2 is 1.88 bits per heavy atom. The number of aliphatic hydroxyl groups is 2. The molecule has 0 saturated carbocycles. The lowest BCUT2D eigenvalue weighted by Crippen LogP contribution is -2.34. The van der Waals surface area contributed by atoms with Gasteiger partial charge in [0.2, 0.25) is 12.1 Å². The van der Waals surface area contributed by atoms with Crippen LogP contribution in [0.15, 0.2) is 42.6 Å². The second kappa shape index (κ2) is 12.9. The van der Waals surface area contributed by atoms with Gasteiger partial charge in [-0.15, -0.1) is 0 Å². The van der Waals surface area contributed by atoms with E-state index in [0.717, 1.165) is 5.56 Å². The maximum Gasteiger partial charge on any atom is 0.356 e. The molecule has 13 nitrogen and oxygen atoms in total. The Kier molecular flexibility index (Phi) is 9.96. The van der Waals surface area contributed by atoms with Gasteiger partial charge in [-0.05, 0) is 50.9 Å². The van der Waals surface area contributed by atoms with Crippen LogP contribution in [0.5, 0.6) is 0 Å². The molecule has 0 spiro atoms. The maximum atomic E-state index is 12.2. The van der Waals surface area contributed by atoms with Crippen LogP contribution in [0.1, 0.15) is 45.5 Å². The molecule has 3 heterocycles. The van der Waals surface area contributed by atoms with E-state index in [1.807, 2.05) is 49.2 Å². The van der Waals surface area contributed by atoms with Crippen molar-refractivity contribution in [2.75, 3.05) is 31.7 Å². The Balaban J connectivity index is 1.42. The van der Waals surface area contributed by atoms with Crippen molar-refractivity contribution in [1.82, 2.24) is 14.5 Å². The molecule has 3 N–H and O–H groups in total. The van der Waals surface area contributed by atoms with E-state index in [9.17, 15) is 24.5 Å². The van der Waals surface area contributed by atoms with Crippen LogP contribution >= 0.6 is 19.2 Å². The molecule has 1 aromatic carbocycles. The minimum Gasteiger partial charge on any atom is -0.438 e. The molecule has 0 bridgehead atoms. The third kappa shape index (κ3) is 7.29. The fourth-order valence-corrected chi connectivity index (χ4v) is 5.19. The number of ether oxygens (including phenoxy) is 3. The van der Waals surface area contributed by atoms with E-state index >= 15 is 0 Å². The summed E-state index contributed by atoms with van der Waals surface area (Å²) in [5.41, 5.74) is 0.659. The third-order valence-electron chi connectivity index (χ3n) is 6.93. The minimum atomic E-state index is -4.28. The van der Waals surface area contributed by atoms with Crippen molar-refractivity contribution in [2.45, 2.75) is 58.3 Å². The van der Waals surface area contributed by atoms with Crippen molar-refractivity contribution in [3.63, 3.8) is 0 Å². The van der Waals surface area contributed by atoms with Crippen molar-refractivity contribution in [3.05, 3.63) is 53.4 Å². The van der Waals surface area contributed by atoms with E-state index in [1.54, 1.807) is 37.6 Å². The lowest BCUT2D eigenvalue weighted by Gasteiger charge is -2.27. The van der Waals surface area contributed by atoms with Gasteiger partial charge in [-0.2, -0.15) is 9.97 Å². The van der Waals surface area contributed by atoms with Crippen LogP contribution in [-0.2, 0) is 28.1 Å². The van der Waals surface area contributed by atoms with Gasteiger partial charge < -0.3 is 38.8 Å². The summed E-state index contributed by atoms with van der Waals surface area (Å²) in [7, 11) is -2.39. The van der Waals surface area contributed by atoms with Gasteiger partial charge in [0.25, 0.3) is 0 Å². The van der Waals surface area contributed by atoms with Crippen molar-refractivity contribution >= 4 is 42.0 Å². The predicted molar refractivity (Wildman–Crippen MR) is 154 cm³/mol. The number of benzene rings is 1. The lowest BCUT2D eigenvalue weighted by molar-refractivity contribution is -0.160.